The van der Waals surface area contributed by atoms with Crippen LogP contribution in [-0.2, 0) is 11.2 Å². The van der Waals surface area contributed by atoms with E-state index in [0.29, 0.717) is 6.42 Å². The summed E-state index contributed by atoms with van der Waals surface area (Å²) >= 11 is 12.2. The molecule has 76 valence electrons. The zero-order valence-corrected chi connectivity index (χ0v) is 11.5. The molecule has 0 saturated carbocycles. The number of benzene rings is 1. The average Bonchev–Trinajstić information content (AvgIpc) is 2.11. The van der Waals surface area contributed by atoms with Gasteiger partial charge in [-0.25, -0.2) is 0 Å². The second kappa shape index (κ2) is 5.29. The van der Waals surface area contributed by atoms with Gasteiger partial charge in [-0.3, -0.25) is 4.79 Å². The Morgan fingerprint density at radius 2 is 2.14 bits per heavy atom. The Labute approximate surface area is 105 Å². The number of rotatable bonds is 3. The maximum atomic E-state index is 10.9. The van der Waals surface area contributed by atoms with E-state index in [2.05, 4.69) is 31.9 Å². The third-order valence-corrected chi connectivity index (χ3v) is 3.56. The van der Waals surface area contributed by atoms with E-state index in [1.807, 2.05) is 25.1 Å². The van der Waals surface area contributed by atoms with Crippen LogP contribution in [0, 0.1) is 5.92 Å². The molecule has 0 fully saturated rings. The molecule has 1 unspecified atom stereocenters. The second-order valence-corrected chi connectivity index (χ2v) is 5.29. The molecule has 0 spiro atoms. The quantitative estimate of drug-likeness (QED) is 0.755. The summed E-state index contributed by atoms with van der Waals surface area (Å²) < 4.78 is 2.01. The van der Waals surface area contributed by atoms with Crippen LogP contribution < -0.4 is 0 Å². The van der Waals surface area contributed by atoms with E-state index in [0.717, 1.165) is 14.5 Å². The number of hydrogen-bond acceptors (Lipinski definition) is 1. The predicted octanol–water partition coefficient (Wildman–Crippen LogP) is 4.16. The molecule has 0 aromatic heterocycles. The summed E-state index contributed by atoms with van der Waals surface area (Å²) in [4.78, 5) is 10.9. The Kier molecular flexibility index (Phi) is 4.61. The molecule has 0 heterocycles. The first kappa shape index (κ1) is 12.2. The van der Waals surface area contributed by atoms with Crippen molar-refractivity contribution >= 4 is 48.7 Å². The van der Waals surface area contributed by atoms with E-state index in [4.69, 9.17) is 11.6 Å². The molecule has 0 saturated heterocycles. The van der Waals surface area contributed by atoms with E-state index >= 15 is 0 Å². The molecule has 0 bridgehead atoms. The van der Waals surface area contributed by atoms with Crippen LogP contribution in [0.4, 0.5) is 0 Å². The fraction of sp³-hybridized carbons (Fsp3) is 0.300. The van der Waals surface area contributed by atoms with Crippen molar-refractivity contribution in [3.63, 3.8) is 0 Å². The lowest BCUT2D eigenvalue weighted by atomic mass is 10.0. The standard InChI is InChI=1S/C10H9Br2ClO/c1-6(10(13)14)4-7-5-8(11)2-3-9(7)12/h2-3,5-6H,4H2,1H3. The molecule has 0 amide bonds. The average molecular weight is 340 g/mol. The van der Waals surface area contributed by atoms with Gasteiger partial charge in [-0.1, -0.05) is 38.8 Å². The molecule has 1 nitrogen and oxygen atoms in total. The van der Waals surface area contributed by atoms with Crippen LogP contribution in [0.5, 0.6) is 0 Å². The smallest absolute Gasteiger partial charge is 0.224 e. The topological polar surface area (TPSA) is 17.1 Å². The van der Waals surface area contributed by atoms with Crippen LogP contribution in [0.1, 0.15) is 12.5 Å². The summed E-state index contributed by atoms with van der Waals surface area (Å²) in [5.74, 6) is -0.151. The molecule has 0 aliphatic heterocycles. The Hall–Kier alpha value is 0.140. The molecule has 1 aromatic rings. The third kappa shape index (κ3) is 3.37. The monoisotopic (exact) mass is 338 g/mol. The zero-order chi connectivity index (χ0) is 10.7. The molecule has 14 heavy (non-hydrogen) atoms. The maximum absolute atomic E-state index is 10.9. The lowest BCUT2D eigenvalue weighted by Crippen LogP contribution is -2.07. The fourth-order valence-corrected chi connectivity index (χ4v) is 2.00. The zero-order valence-electron chi connectivity index (χ0n) is 7.56. The highest BCUT2D eigenvalue weighted by Gasteiger charge is 2.12. The fourth-order valence-electron chi connectivity index (χ4n) is 1.11. The number of carbonyl (C=O) groups is 1. The van der Waals surface area contributed by atoms with Gasteiger partial charge in [0.05, 0.1) is 0 Å². The molecule has 1 atom stereocenters. The van der Waals surface area contributed by atoms with Gasteiger partial charge in [0.1, 0.15) is 0 Å². The van der Waals surface area contributed by atoms with Crippen molar-refractivity contribution in [2.45, 2.75) is 13.3 Å². The van der Waals surface area contributed by atoms with Crippen LogP contribution in [0.25, 0.3) is 0 Å². The Morgan fingerprint density at radius 3 is 2.71 bits per heavy atom. The van der Waals surface area contributed by atoms with E-state index in [9.17, 15) is 4.79 Å². The van der Waals surface area contributed by atoms with Crippen LogP contribution in [0.3, 0.4) is 0 Å². The minimum atomic E-state index is -0.295. The van der Waals surface area contributed by atoms with Crippen LogP contribution in [-0.4, -0.2) is 5.24 Å². The number of halogens is 3. The van der Waals surface area contributed by atoms with E-state index in [-0.39, 0.29) is 11.2 Å². The van der Waals surface area contributed by atoms with E-state index in [1.54, 1.807) is 0 Å². The van der Waals surface area contributed by atoms with Crippen molar-refractivity contribution in [3.05, 3.63) is 32.7 Å². The molecule has 0 aliphatic carbocycles. The summed E-state index contributed by atoms with van der Waals surface area (Å²) in [6, 6.07) is 5.88. The van der Waals surface area contributed by atoms with Gasteiger partial charge in [0.25, 0.3) is 0 Å². The van der Waals surface area contributed by atoms with E-state index in [1.165, 1.54) is 0 Å². The molecule has 0 aliphatic rings. The van der Waals surface area contributed by atoms with Gasteiger partial charge in [-0.15, -0.1) is 0 Å². The first-order chi connectivity index (χ1) is 6.50. The summed E-state index contributed by atoms with van der Waals surface area (Å²) in [6.45, 7) is 1.82. The molecular weight excluding hydrogens is 331 g/mol. The van der Waals surface area contributed by atoms with Crippen LogP contribution in [0.15, 0.2) is 27.1 Å². The summed E-state index contributed by atoms with van der Waals surface area (Å²) in [7, 11) is 0. The number of carbonyl (C=O) groups excluding carboxylic acids is 1. The Morgan fingerprint density at radius 1 is 1.50 bits per heavy atom. The van der Waals surface area contributed by atoms with Crippen molar-refractivity contribution < 1.29 is 4.79 Å². The molecule has 1 aromatic carbocycles. The molecule has 1 rings (SSSR count). The highest BCUT2D eigenvalue weighted by atomic mass is 79.9. The first-order valence-corrected chi connectivity index (χ1v) is 6.10. The van der Waals surface area contributed by atoms with Crippen LogP contribution >= 0.6 is 43.5 Å². The van der Waals surface area contributed by atoms with Gasteiger partial charge in [-0.05, 0) is 41.8 Å². The van der Waals surface area contributed by atoms with Gasteiger partial charge in [-0.2, -0.15) is 0 Å². The minimum absolute atomic E-state index is 0.151. The predicted molar refractivity (Wildman–Crippen MR) is 65.6 cm³/mol. The second-order valence-electron chi connectivity index (χ2n) is 3.15. The Bertz CT molecular complexity index is 352. The minimum Gasteiger partial charge on any atom is -0.281 e. The lowest BCUT2D eigenvalue weighted by molar-refractivity contribution is -0.114. The van der Waals surface area contributed by atoms with Crippen molar-refractivity contribution in [1.82, 2.24) is 0 Å². The normalized spacial score (nSPS) is 12.6. The summed E-state index contributed by atoms with van der Waals surface area (Å²) in [5, 5.41) is -0.295. The van der Waals surface area contributed by atoms with Crippen LogP contribution in [0.2, 0.25) is 0 Å². The third-order valence-electron chi connectivity index (χ3n) is 1.92. The molecule has 4 heteroatoms. The highest BCUT2D eigenvalue weighted by molar-refractivity contribution is 9.11. The molecular formula is C10H9Br2ClO. The molecule has 0 radical (unpaired) electrons. The van der Waals surface area contributed by atoms with E-state index < -0.39 is 0 Å². The SMILES string of the molecule is CC(Cc1cc(Br)ccc1Br)C(=O)Cl. The van der Waals surface area contributed by atoms with Gasteiger partial charge in [0.2, 0.25) is 5.24 Å². The van der Waals surface area contributed by atoms with Crippen molar-refractivity contribution in [1.29, 1.82) is 0 Å². The van der Waals surface area contributed by atoms with Crippen molar-refractivity contribution in [2.75, 3.05) is 0 Å². The van der Waals surface area contributed by atoms with Crippen molar-refractivity contribution in [3.8, 4) is 0 Å². The largest absolute Gasteiger partial charge is 0.281 e. The maximum Gasteiger partial charge on any atom is 0.224 e. The highest BCUT2D eigenvalue weighted by Crippen LogP contribution is 2.24. The van der Waals surface area contributed by atoms with Gasteiger partial charge in [0, 0.05) is 14.9 Å². The summed E-state index contributed by atoms with van der Waals surface area (Å²) in [5.41, 5.74) is 1.08. The Balaban J connectivity index is 2.85. The number of hydrogen-bond donors (Lipinski definition) is 0. The lowest BCUT2D eigenvalue weighted by Gasteiger charge is -2.08. The molecule has 0 N–H and O–H groups in total. The van der Waals surface area contributed by atoms with Gasteiger partial charge >= 0.3 is 0 Å². The van der Waals surface area contributed by atoms with Gasteiger partial charge < -0.3 is 0 Å². The first-order valence-electron chi connectivity index (χ1n) is 4.14. The van der Waals surface area contributed by atoms with Gasteiger partial charge in [0.15, 0.2) is 0 Å². The summed E-state index contributed by atoms with van der Waals surface area (Å²) in [6.07, 6.45) is 0.655. The van der Waals surface area contributed by atoms with Crippen molar-refractivity contribution in [2.24, 2.45) is 5.92 Å².